The van der Waals surface area contributed by atoms with Crippen LogP contribution in [0.3, 0.4) is 0 Å². The number of aryl methyl sites for hydroxylation is 1. The van der Waals surface area contributed by atoms with Crippen LogP contribution >= 0.6 is 11.6 Å². The molecule has 0 aliphatic heterocycles. The lowest BCUT2D eigenvalue weighted by Crippen LogP contribution is -2.32. The van der Waals surface area contributed by atoms with Crippen molar-refractivity contribution in [2.75, 3.05) is 17.2 Å². The summed E-state index contributed by atoms with van der Waals surface area (Å²) < 4.78 is 31.0. The number of hydrogen-bond acceptors (Lipinski definition) is 5. The molecule has 0 radical (unpaired) electrons. The highest BCUT2D eigenvalue weighted by molar-refractivity contribution is 7.92. The summed E-state index contributed by atoms with van der Waals surface area (Å²) in [4.78, 5) is 15.6. The molecule has 0 aliphatic carbocycles. The maximum absolute atomic E-state index is 12.5. The van der Waals surface area contributed by atoms with Gasteiger partial charge in [0, 0.05) is 11.2 Å². The summed E-state index contributed by atoms with van der Waals surface area (Å²) in [5, 5.41) is 0.459. The zero-order valence-corrected chi connectivity index (χ0v) is 15.8. The molecule has 8 heteroatoms. The number of nitrogens with zero attached hydrogens (tertiary/aromatic N) is 2. The number of anilines is 1. The third-order valence-electron chi connectivity index (χ3n) is 3.57. The second-order valence-electron chi connectivity index (χ2n) is 5.42. The zero-order valence-electron chi connectivity index (χ0n) is 14.2. The van der Waals surface area contributed by atoms with E-state index in [4.69, 9.17) is 11.6 Å². The van der Waals surface area contributed by atoms with Crippen LogP contribution < -0.4 is 4.31 Å². The van der Waals surface area contributed by atoms with Crippen LogP contribution in [0.5, 0.6) is 0 Å². The van der Waals surface area contributed by atoms with Crippen molar-refractivity contribution in [3.05, 3.63) is 58.4 Å². The topological polar surface area (TPSA) is 76.6 Å². The summed E-state index contributed by atoms with van der Waals surface area (Å²) >= 11 is 6.07. The quantitative estimate of drug-likeness (QED) is 0.717. The molecule has 2 rings (SSSR count). The number of rotatable bonds is 6. The summed E-state index contributed by atoms with van der Waals surface area (Å²) in [6, 6.07) is 8.26. The smallest absolute Gasteiger partial charge is 0.339 e. The number of sulfonamides is 1. The summed E-state index contributed by atoms with van der Waals surface area (Å²) in [6.45, 7) is 3.46. The van der Waals surface area contributed by atoms with Crippen molar-refractivity contribution in [1.29, 1.82) is 0 Å². The molecule has 1 heterocycles. The van der Waals surface area contributed by atoms with Crippen LogP contribution in [0.2, 0.25) is 5.02 Å². The van der Waals surface area contributed by atoms with Gasteiger partial charge >= 0.3 is 5.97 Å². The summed E-state index contributed by atoms with van der Waals surface area (Å²) in [5.41, 5.74) is 2.13. The molecule has 6 nitrogen and oxygen atoms in total. The minimum Gasteiger partial charge on any atom is -0.465 e. The summed E-state index contributed by atoms with van der Waals surface area (Å²) in [7, 11) is -2.25. The first-order valence-electron chi connectivity index (χ1n) is 7.57. The first kappa shape index (κ1) is 19.2. The fourth-order valence-electron chi connectivity index (χ4n) is 2.27. The Balaban J connectivity index is 2.39. The molecule has 25 heavy (non-hydrogen) atoms. The van der Waals surface area contributed by atoms with Gasteiger partial charge in [-0.25, -0.2) is 13.2 Å². The molecule has 0 N–H and O–H groups in total. The number of hydrogen-bond donors (Lipinski definition) is 0. The van der Waals surface area contributed by atoms with E-state index in [0.29, 0.717) is 22.0 Å². The number of ether oxygens (including phenoxy) is 1. The van der Waals surface area contributed by atoms with Crippen molar-refractivity contribution in [2.45, 2.75) is 20.4 Å². The number of pyridine rings is 1. The highest BCUT2D eigenvalue weighted by Crippen LogP contribution is 2.26. The largest absolute Gasteiger partial charge is 0.465 e. The van der Waals surface area contributed by atoms with Crippen LogP contribution in [0.4, 0.5) is 5.69 Å². The molecular weight excluding hydrogens is 364 g/mol. The van der Waals surface area contributed by atoms with E-state index in [1.165, 1.54) is 17.6 Å². The van der Waals surface area contributed by atoms with Crippen LogP contribution in [0, 0.1) is 6.92 Å². The molecule has 0 saturated carbocycles. The summed E-state index contributed by atoms with van der Waals surface area (Å²) in [6.07, 6.45) is 1.36. The fraction of sp³-hybridized carbons (Fsp3) is 0.294. The van der Waals surface area contributed by atoms with Crippen molar-refractivity contribution in [3.8, 4) is 0 Å². The Morgan fingerprint density at radius 2 is 2.00 bits per heavy atom. The van der Waals surface area contributed by atoms with Crippen LogP contribution in [0.25, 0.3) is 0 Å². The molecule has 1 aromatic carbocycles. The Morgan fingerprint density at radius 3 is 2.52 bits per heavy atom. The highest BCUT2D eigenvalue weighted by Gasteiger charge is 2.22. The van der Waals surface area contributed by atoms with Gasteiger partial charge in [-0.1, -0.05) is 11.6 Å². The monoisotopic (exact) mass is 382 g/mol. The van der Waals surface area contributed by atoms with Gasteiger partial charge in [0.2, 0.25) is 10.0 Å². The molecule has 2 aromatic rings. The molecule has 0 atom stereocenters. The third kappa shape index (κ3) is 4.70. The predicted octanol–water partition coefficient (Wildman–Crippen LogP) is 3.19. The van der Waals surface area contributed by atoms with Crippen molar-refractivity contribution < 1.29 is 17.9 Å². The van der Waals surface area contributed by atoms with E-state index in [9.17, 15) is 13.2 Å². The van der Waals surface area contributed by atoms with E-state index in [1.54, 1.807) is 37.3 Å². The number of halogens is 1. The zero-order chi connectivity index (χ0) is 18.6. The van der Waals surface area contributed by atoms with E-state index < -0.39 is 16.0 Å². The molecule has 1 aromatic heterocycles. The molecule has 134 valence electrons. The lowest BCUT2D eigenvalue weighted by molar-refractivity contribution is 0.0600. The number of esters is 1. The standard InChI is InChI=1S/C17H19ClN2O4S/c1-4-25(22,23)20(16-8-12(2)7-14(18)9-16)11-15-6-5-13(10-19-15)17(21)24-3/h5-10H,4,11H2,1-3H3. The van der Waals surface area contributed by atoms with Gasteiger partial charge in [0.15, 0.2) is 0 Å². The minimum atomic E-state index is -3.53. The Kier molecular flexibility index (Phi) is 6.02. The number of methoxy groups -OCH3 is 1. The third-order valence-corrected chi connectivity index (χ3v) is 5.53. The van der Waals surface area contributed by atoms with Crippen molar-refractivity contribution >= 4 is 33.3 Å². The molecule has 0 spiro atoms. The van der Waals surface area contributed by atoms with Gasteiger partial charge in [0.1, 0.15) is 0 Å². The minimum absolute atomic E-state index is 0.0391. The van der Waals surface area contributed by atoms with E-state index in [-0.39, 0.29) is 12.3 Å². The maximum Gasteiger partial charge on any atom is 0.339 e. The van der Waals surface area contributed by atoms with Gasteiger partial charge in [-0.15, -0.1) is 0 Å². The van der Waals surface area contributed by atoms with E-state index in [1.807, 2.05) is 6.92 Å². The number of aromatic nitrogens is 1. The molecule has 0 saturated heterocycles. The highest BCUT2D eigenvalue weighted by atomic mass is 35.5. The Bertz CT molecular complexity index is 846. The second-order valence-corrected chi connectivity index (χ2v) is 8.04. The first-order chi connectivity index (χ1) is 11.8. The van der Waals surface area contributed by atoms with Gasteiger partial charge in [-0.2, -0.15) is 0 Å². The molecule has 0 aliphatic rings. The second kappa shape index (κ2) is 7.84. The number of carbonyl (C=O) groups excluding carboxylic acids is 1. The Hall–Kier alpha value is -2.12. The SMILES string of the molecule is CCS(=O)(=O)N(Cc1ccc(C(=O)OC)cn1)c1cc(C)cc(Cl)c1. The van der Waals surface area contributed by atoms with Crippen molar-refractivity contribution in [1.82, 2.24) is 4.98 Å². The van der Waals surface area contributed by atoms with Crippen LogP contribution in [0.1, 0.15) is 28.5 Å². The number of benzene rings is 1. The van der Waals surface area contributed by atoms with Crippen LogP contribution in [0.15, 0.2) is 36.5 Å². The Morgan fingerprint density at radius 1 is 1.28 bits per heavy atom. The van der Waals surface area contributed by atoms with E-state index >= 15 is 0 Å². The molecular formula is C17H19ClN2O4S. The van der Waals surface area contributed by atoms with Crippen LogP contribution in [-0.2, 0) is 21.3 Å². The van der Waals surface area contributed by atoms with Gasteiger partial charge in [-0.05, 0) is 49.7 Å². The normalized spacial score (nSPS) is 11.2. The molecule has 0 fully saturated rings. The molecule has 0 amide bonds. The average molecular weight is 383 g/mol. The van der Waals surface area contributed by atoms with Gasteiger partial charge < -0.3 is 4.74 Å². The summed E-state index contributed by atoms with van der Waals surface area (Å²) in [5.74, 6) is -0.554. The van der Waals surface area contributed by atoms with Gasteiger partial charge in [-0.3, -0.25) is 9.29 Å². The van der Waals surface area contributed by atoms with Crippen LogP contribution in [-0.4, -0.2) is 32.2 Å². The van der Waals surface area contributed by atoms with Crippen molar-refractivity contribution in [3.63, 3.8) is 0 Å². The predicted molar refractivity (Wildman–Crippen MR) is 97.4 cm³/mol. The van der Waals surface area contributed by atoms with E-state index in [2.05, 4.69) is 9.72 Å². The molecule has 0 unspecified atom stereocenters. The van der Waals surface area contributed by atoms with Gasteiger partial charge in [0.25, 0.3) is 0 Å². The van der Waals surface area contributed by atoms with Crippen molar-refractivity contribution in [2.24, 2.45) is 0 Å². The maximum atomic E-state index is 12.5. The average Bonchev–Trinajstić information content (AvgIpc) is 2.58. The first-order valence-corrected chi connectivity index (χ1v) is 9.56. The lowest BCUT2D eigenvalue weighted by Gasteiger charge is -2.24. The van der Waals surface area contributed by atoms with Gasteiger partial charge in [0.05, 0.1) is 36.4 Å². The number of carbonyl (C=O) groups is 1. The Labute approximate surface area is 152 Å². The van der Waals surface area contributed by atoms with E-state index in [0.717, 1.165) is 5.56 Å². The lowest BCUT2D eigenvalue weighted by atomic mass is 10.2. The molecule has 0 bridgehead atoms. The fourth-order valence-corrected chi connectivity index (χ4v) is 3.62.